The van der Waals surface area contributed by atoms with Gasteiger partial charge in [0.25, 0.3) is 15.9 Å². The first-order valence-electron chi connectivity index (χ1n) is 7.48. The zero-order chi connectivity index (χ0) is 20.5. The van der Waals surface area contributed by atoms with Crippen molar-refractivity contribution in [3.05, 3.63) is 41.8 Å². The summed E-state index contributed by atoms with van der Waals surface area (Å²) >= 11 is 0. The highest BCUT2D eigenvalue weighted by Crippen LogP contribution is 2.32. The summed E-state index contributed by atoms with van der Waals surface area (Å²) in [6, 6.07) is 6.89. The summed E-state index contributed by atoms with van der Waals surface area (Å²) in [6.45, 7) is -3.32. The Hall–Kier alpha value is -3.46. The highest BCUT2D eigenvalue weighted by molar-refractivity contribution is 7.93. The molecule has 2 aromatic heterocycles. The molecule has 0 aliphatic rings. The van der Waals surface area contributed by atoms with Crippen molar-refractivity contribution in [2.45, 2.75) is 11.5 Å². The average molecular weight is 412 g/mol. The Morgan fingerprint density at radius 2 is 2.04 bits per heavy atom. The van der Waals surface area contributed by atoms with Gasteiger partial charge in [-0.3, -0.25) is 4.72 Å². The van der Waals surface area contributed by atoms with Gasteiger partial charge in [-0.15, -0.1) is 0 Å². The summed E-state index contributed by atoms with van der Waals surface area (Å²) < 4.78 is 74.8. The number of nitrogens with zero attached hydrogens (tertiary/aromatic N) is 2. The minimum absolute atomic E-state index is 0.178. The second-order valence-corrected chi connectivity index (χ2v) is 6.99. The van der Waals surface area contributed by atoms with E-state index in [-0.39, 0.29) is 10.3 Å². The molecule has 0 bridgehead atoms. The van der Waals surface area contributed by atoms with Crippen LogP contribution in [0.15, 0.2) is 35.4 Å². The number of anilines is 1. The third-order valence-electron chi connectivity index (χ3n) is 3.61. The number of aromatic nitrogens is 2. The van der Waals surface area contributed by atoms with Crippen LogP contribution in [0.2, 0.25) is 0 Å². The van der Waals surface area contributed by atoms with Crippen LogP contribution >= 0.6 is 0 Å². The SMILES string of the molecule is COc1nc(OC(F)F)c(F)cc1NS(=O)(=O)c1c[nH]c2cc(C#N)ccc12. The number of alkyl halides is 2. The molecular weight excluding hydrogens is 401 g/mol. The number of pyridine rings is 1. The number of sulfonamides is 1. The summed E-state index contributed by atoms with van der Waals surface area (Å²) in [5, 5.41) is 9.20. The van der Waals surface area contributed by atoms with Crippen LogP contribution in [0.4, 0.5) is 18.9 Å². The number of rotatable bonds is 6. The van der Waals surface area contributed by atoms with Crippen LogP contribution in [0.25, 0.3) is 10.9 Å². The average Bonchev–Trinajstić information content (AvgIpc) is 3.07. The summed E-state index contributed by atoms with van der Waals surface area (Å²) in [7, 11) is -3.14. The number of nitrogens with one attached hydrogen (secondary N) is 2. The Labute approximate surface area is 156 Å². The normalized spacial score (nSPS) is 11.4. The first-order valence-corrected chi connectivity index (χ1v) is 8.97. The number of nitriles is 1. The van der Waals surface area contributed by atoms with Gasteiger partial charge in [-0.2, -0.15) is 19.0 Å². The van der Waals surface area contributed by atoms with Crippen LogP contribution in [0.1, 0.15) is 5.56 Å². The fourth-order valence-electron chi connectivity index (χ4n) is 2.44. The van der Waals surface area contributed by atoms with E-state index in [4.69, 9.17) is 10.00 Å². The van der Waals surface area contributed by atoms with Crippen molar-refractivity contribution >= 4 is 26.6 Å². The molecule has 3 aromatic rings. The summed E-state index contributed by atoms with van der Waals surface area (Å²) in [6.07, 6.45) is 1.19. The number of methoxy groups -OCH3 is 1. The molecule has 0 radical (unpaired) electrons. The van der Waals surface area contributed by atoms with E-state index in [1.165, 1.54) is 24.4 Å². The standard InChI is InChI=1S/C16H11F3N4O4S/c1-26-15-12(5-10(17)14(22-15)27-16(18)19)23-28(24,25)13-7-21-11-4-8(6-20)2-3-9(11)13/h2-5,7,16,21,23H,1H3. The van der Waals surface area contributed by atoms with E-state index in [1.807, 2.05) is 6.07 Å². The molecule has 0 saturated heterocycles. The van der Waals surface area contributed by atoms with Crippen molar-refractivity contribution in [1.29, 1.82) is 5.26 Å². The molecule has 0 aliphatic heterocycles. The maximum Gasteiger partial charge on any atom is 0.388 e. The molecule has 0 unspecified atom stereocenters. The monoisotopic (exact) mass is 412 g/mol. The van der Waals surface area contributed by atoms with Gasteiger partial charge in [0, 0.05) is 23.2 Å². The molecule has 1 aromatic carbocycles. The van der Waals surface area contributed by atoms with E-state index in [1.54, 1.807) is 0 Å². The molecule has 8 nitrogen and oxygen atoms in total. The first-order chi connectivity index (χ1) is 13.2. The van der Waals surface area contributed by atoms with Crippen LogP contribution in [-0.2, 0) is 10.0 Å². The van der Waals surface area contributed by atoms with Gasteiger partial charge in [0.15, 0.2) is 5.82 Å². The summed E-state index contributed by atoms with van der Waals surface area (Å²) in [5.74, 6) is -2.81. The molecule has 0 saturated carbocycles. The topological polar surface area (TPSA) is 117 Å². The number of hydrogen-bond acceptors (Lipinski definition) is 6. The van der Waals surface area contributed by atoms with Crippen molar-refractivity contribution in [3.63, 3.8) is 0 Å². The lowest BCUT2D eigenvalue weighted by molar-refractivity contribution is -0.0555. The minimum atomic E-state index is -4.24. The lowest BCUT2D eigenvalue weighted by atomic mass is 10.2. The number of benzene rings is 1. The zero-order valence-corrected chi connectivity index (χ0v) is 14.9. The largest absolute Gasteiger partial charge is 0.479 e. The molecule has 0 fully saturated rings. The van der Waals surface area contributed by atoms with Crippen molar-refractivity contribution in [3.8, 4) is 17.8 Å². The van der Waals surface area contributed by atoms with Gasteiger partial charge in [-0.25, -0.2) is 12.8 Å². The van der Waals surface area contributed by atoms with Crippen molar-refractivity contribution in [2.75, 3.05) is 11.8 Å². The van der Waals surface area contributed by atoms with Crippen LogP contribution in [-0.4, -0.2) is 32.1 Å². The molecule has 0 atom stereocenters. The van der Waals surface area contributed by atoms with E-state index < -0.39 is 39.9 Å². The minimum Gasteiger partial charge on any atom is -0.479 e. The number of H-pyrrole nitrogens is 1. The predicted molar refractivity (Wildman–Crippen MR) is 91.2 cm³/mol. The highest BCUT2D eigenvalue weighted by Gasteiger charge is 2.24. The van der Waals surface area contributed by atoms with Gasteiger partial charge in [0.2, 0.25) is 5.88 Å². The highest BCUT2D eigenvalue weighted by atomic mass is 32.2. The maximum absolute atomic E-state index is 13.9. The van der Waals surface area contributed by atoms with Gasteiger partial charge >= 0.3 is 6.61 Å². The molecule has 2 heterocycles. The molecule has 12 heteroatoms. The van der Waals surface area contributed by atoms with E-state index >= 15 is 0 Å². The molecular formula is C16H11F3N4O4S. The van der Waals surface area contributed by atoms with Gasteiger partial charge in [-0.1, -0.05) is 6.07 Å². The second kappa shape index (κ2) is 7.28. The van der Waals surface area contributed by atoms with Gasteiger partial charge in [0.1, 0.15) is 10.6 Å². The first kappa shape index (κ1) is 19.3. The predicted octanol–water partition coefficient (Wildman–Crippen LogP) is 2.98. The fourth-order valence-corrected chi connectivity index (χ4v) is 3.67. The zero-order valence-electron chi connectivity index (χ0n) is 14.0. The Bertz CT molecular complexity index is 1190. The lowest BCUT2D eigenvalue weighted by Gasteiger charge is -2.13. The Balaban J connectivity index is 2.01. The van der Waals surface area contributed by atoms with Gasteiger partial charge in [0.05, 0.1) is 18.7 Å². The Kier molecular flexibility index (Phi) is 5.02. The maximum atomic E-state index is 13.9. The summed E-state index contributed by atoms with van der Waals surface area (Å²) in [5.41, 5.74) is 0.315. The number of halogens is 3. The van der Waals surface area contributed by atoms with Crippen LogP contribution in [0, 0.1) is 17.1 Å². The molecule has 0 amide bonds. The molecule has 0 spiro atoms. The fraction of sp³-hybridized carbons (Fsp3) is 0.125. The quantitative estimate of drug-likeness (QED) is 0.643. The van der Waals surface area contributed by atoms with E-state index in [2.05, 4.69) is 19.4 Å². The molecule has 3 rings (SSSR count). The van der Waals surface area contributed by atoms with Crippen LogP contribution < -0.4 is 14.2 Å². The van der Waals surface area contributed by atoms with Gasteiger partial charge in [-0.05, 0) is 12.1 Å². The summed E-state index contributed by atoms with van der Waals surface area (Å²) in [4.78, 5) is 5.96. The molecule has 146 valence electrons. The third-order valence-corrected chi connectivity index (χ3v) is 5.02. The smallest absolute Gasteiger partial charge is 0.388 e. The van der Waals surface area contributed by atoms with Crippen molar-refractivity contribution in [1.82, 2.24) is 9.97 Å². The number of ether oxygens (including phenoxy) is 2. The Morgan fingerprint density at radius 3 is 2.68 bits per heavy atom. The second-order valence-electron chi connectivity index (χ2n) is 5.34. The van der Waals surface area contributed by atoms with Crippen LogP contribution in [0.3, 0.4) is 0 Å². The van der Waals surface area contributed by atoms with Gasteiger partial charge < -0.3 is 14.5 Å². The van der Waals surface area contributed by atoms with Crippen molar-refractivity contribution in [2.24, 2.45) is 0 Å². The molecule has 0 aliphatic carbocycles. The van der Waals surface area contributed by atoms with Crippen molar-refractivity contribution < 1.29 is 31.1 Å². The van der Waals surface area contributed by atoms with E-state index in [9.17, 15) is 21.6 Å². The third kappa shape index (κ3) is 3.65. The van der Waals surface area contributed by atoms with Crippen LogP contribution in [0.5, 0.6) is 11.8 Å². The molecule has 28 heavy (non-hydrogen) atoms. The Morgan fingerprint density at radius 1 is 1.29 bits per heavy atom. The number of fused-ring (bicyclic) bond motifs is 1. The van der Waals surface area contributed by atoms with E-state index in [0.717, 1.165) is 7.11 Å². The lowest BCUT2D eigenvalue weighted by Crippen LogP contribution is -2.15. The molecule has 2 N–H and O–H groups in total. The van der Waals surface area contributed by atoms with E-state index in [0.29, 0.717) is 17.1 Å². The number of aromatic amines is 1. The number of hydrogen-bond donors (Lipinski definition) is 2.